The van der Waals surface area contributed by atoms with Crippen LogP contribution in [-0.4, -0.2) is 11.6 Å². The van der Waals surface area contributed by atoms with E-state index in [1.807, 2.05) is 19.2 Å². The Labute approximate surface area is 108 Å². The topological polar surface area (TPSA) is 34.1 Å². The molecule has 0 saturated heterocycles. The second-order valence-corrected chi connectivity index (χ2v) is 4.15. The molecule has 2 aromatic rings. The third kappa shape index (κ3) is 3.23. The summed E-state index contributed by atoms with van der Waals surface area (Å²) < 4.78 is 5.63. The van der Waals surface area contributed by atoms with Crippen molar-refractivity contribution in [3.05, 3.63) is 53.9 Å². The Morgan fingerprint density at radius 3 is 2.89 bits per heavy atom. The fourth-order valence-electron chi connectivity index (χ4n) is 1.75. The summed E-state index contributed by atoms with van der Waals surface area (Å²) in [6.45, 7) is 5.47. The molecule has 1 aromatic heterocycles. The Morgan fingerprint density at radius 2 is 2.17 bits per heavy atom. The van der Waals surface area contributed by atoms with Crippen LogP contribution in [0.1, 0.15) is 18.1 Å². The van der Waals surface area contributed by atoms with Gasteiger partial charge in [0.05, 0.1) is 12.3 Å². The van der Waals surface area contributed by atoms with Gasteiger partial charge in [-0.2, -0.15) is 0 Å². The highest BCUT2D eigenvalue weighted by atomic mass is 16.5. The summed E-state index contributed by atoms with van der Waals surface area (Å²) in [4.78, 5) is 4.10. The van der Waals surface area contributed by atoms with Crippen LogP contribution >= 0.6 is 0 Å². The molecule has 0 amide bonds. The van der Waals surface area contributed by atoms with Crippen LogP contribution in [0.15, 0.2) is 42.7 Å². The van der Waals surface area contributed by atoms with Crippen molar-refractivity contribution in [3.63, 3.8) is 0 Å². The van der Waals surface area contributed by atoms with Crippen LogP contribution in [0.4, 0.5) is 5.69 Å². The van der Waals surface area contributed by atoms with E-state index in [1.54, 1.807) is 6.20 Å². The van der Waals surface area contributed by atoms with Gasteiger partial charge in [-0.25, -0.2) is 0 Å². The van der Waals surface area contributed by atoms with E-state index >= 15 is 0 Å². The normalized spacial score (nSPS) is 10.1. The van der Waals surface area contributed by atoms with E-state index in [0.717, 1.165) is 23.5 Å². The fourth-order valence-corrected chi connectivity index (χ4v) is 1.75. The molecule has 2 rings (SSSR count). The highest BCUT2D eigenvalue weighted by Crippen LogP contribution is 2.26. The highest BCUT2D eigenvalue weighted by Gasteiger charge is 2.03. The molecule has 1 N–H and O–H groups in total. The zero-order valence-corrected chi connectivity index (χ0v) is 10.8. The minimum absolute atomic E-state index is 0.672. The Hall–Kier alpha value is -2.03. The number of ether oxygens (including phenoxy) is 1. The Balaban J connectivity index is 2.09. The van der Waals surface area contributed by atoms with Crippen LogP contribution in [0, 0.1) is 6.92 Å². The molecule has 0 unspecified atom stereocenters. The number of pyridine rings is 1. The quantitative estimate of drug-likeness (QED) is 0.872. The van der Waals surface area contributed by atoms with Crippen molar-refractivity contribution in [2.24, 2.45) is 0 Å². The molecule has 94 valence electrons. The molecule has 0 bridgehead atoms. The predicted molar refractivity (Wildman–Crippen MR) is 73.9 cm³/mol. The summed E-state index contributed by atoms with van der Waals surface area (Å²) in [5.74, 6) is 0.904. The van der Waals surface area contributed by atoms with Gasteiger partial charge in [0.2, 0.25) is 0 Å². The first-order valence-corrected chi connectivity index (χ1v) is 6.16. The molecule has 3 heteroatoms. The van der Waals surface area contributed by atoms with Crippen LogP contribution in [0.2, 0.25) is 0 Å². The van der Waals surface area contributed by atoms with Crippen LogP contribution in [0.5, 0.6) is 5.75 Å². The zero-order chi connectivity index (χ0) is 12.8. The van der Waals surface area contributed by atoms with Gasteiger partial charge in [0.1, 0.15) is 5.75 Å². The number of anilines is 1. The molecule has 3 nitrogen and oxygen atoms in total. The SMILES string of the molecule is CCOc1cc(C)ccc1NCc1cccnc1. The van der Waals surface area contributed by atoms with Gasteiger partial charge in [0, 0.05) is 18.9 Å². The fraction of sp³-hybridized carbons (Fsp3) is 0.267. The van der Waals surface area contributed by atoms with Gasteiger partial charge >= 0.3 is 0 Å². The van der Waals surface area contributed by atoms with E-state index in [9.17, 15) is 0 Å². The average molecular weight is 242 g/mol. The number of aromatic nitrogens is 1. The smallest absolute Gasteiger partial charge is 0.142 e. The Kier molecular flexibility index (Phi) is 4.18. The summed E-state index contributed by atoms with van der Waals surface area (Å²) >= 11 is 0. The van der Waals surface area contributed by atoms with Gasteiger partial charge in [-0.05, 0) is 43.2 Å². The minimum Gasteiger partial charge on any atom is -0.492 e. The van der Waals surface area contributed by atoms with Crippen molar-refractivity contribution in [1.82, 2.24) is 4.98 Å². The molecule has 0 saturated carbocycles. The molecule has 0 fully saturated rings. The number of nitrogens with zero attached hydrogens (tertiary/aromatic N) is 1. The highest BCUT2D eigenvalue weighted by molar-refractivity contribution is 5.57. The lowest BCUT2D eigenvalue weighted by molar-refractivity contribution is 0.341. The van der Waals surface area contributed by atoms with Crippen LogP contribution in [0.25, 0.3) is 0 Å². The molecular weight excluding hydrogens is 224 g/mol. The van der Waals surface area contributed by atoms with E-state index in [2.05, 4.69) is 41.5 Å². The lowest BCUT2D eigenvalue weighted by Gasteiger charge is -2.13. The van der Waals surface area contributed by atoms with Crippen LogP contribution in [-0.2, 0) is 6.54 Å². The van der Waals surface area contributed by atoms with Crippen molar-refractivity contribution < 1.29 is 4.74 Å². The molecular formula is C15H18N2O. The summed E-state index contributed by atoms with van der Waals surface area (Å²) in [6, 6.07) is 10.2. The van der Waals surface area contributed by atoms with Crippen molar-refractivity contribution in [3.8, 4) is 5.75 Å². The number of hydrogen-bond donors (Lipinski definition) is 1. The van der Waals surface area contributed by atoms with E-state index in [-0.39, 0.29) is 0 Å². The van der Waals surface area contributed by atoms with Crippen molar-refractivity contribution in [1.29, 1.82) is 0 Å². The molecule has 0 aliphatic carbocycles. The number of aryl methyl sites for hydroxylation is 1. The maximum Gasteiger partial charge on any atom is 0.142 e. The predicted octanol–water partition coefficient (Wildman–Crippen LogP) is 3.40. The second-order valence-electron chi connectivity index (χ2n) is 4.15. The first-order valence-electron chi connectivity index (χ1n) is 6.16. The molecule has 0 aliphatic heterocycles. The van der Waals surface area contributed by atoms with E-state index in [4.69, 9.17) is 4.74 Å². The molecule has 0 radical (unpaired) electrons. The van der Waals surface area contributed by atoms with Gasteiger partial charge in [-0.3, -0.25) is 4.98 Å². The molecule has 0 aliphatic rings. The monoisotopic (exact) mass is 242 g/mol. The number of benzene rings is 1. The van der Waals surface area contributed by atoms with E-state index < -0.39 is 0 Å². The van der Waals surface area contributed by atoms with Gasteiger partial charge < -0.3 is 10.1 Å². The largest absolute Gasteiger partial charge is 0.492 e. The van der Waals surface area contributed by atoms with Gasteiger partial charge in [-0.1, -0.05) is 12.1 Å². The van der Waals surface area contributed by atoms with Crippen LogP contribution < -0.4 is 10.1 Å². The standard InChI is InChI=1S/C15H18N2O/c1-3-18-15-9-12(2)6-7-14(15)17-11-13-5-4-8-16-10-13/h4-10,17H,3,11H2,1-2H3. The second kappa shape index (κ2) is 6.05. The third-order valence-electron chi connectivity index (χ3n) is 2.64. The van der Waals surface area contributed by atoms with Crippen LogP contribution in [0.3, 0.4) is 0 Å². The minimum atomic E-state index is 0.672. The molecule has 0 spiro atoms. The van der Waals surface area contributed by atoms with Crippen molar-refractivity contribution >= 4 is 5.69 Å². The van der Waals surface area contributed by atoms with Crippen molar-refractivity contribution in [2.45, 2.75) is 20.4 Å². The third-order valence-corrected chi connectivity index (χ3v) is 2.64. The van der Waals surface area contributed by atoms with E-state index in [1.165, 1.54) is 5.56 Å². The Morgan fingerprint density at radius 1 is 1.28 bits per heavy atom. The maximum atomic E-state index is 5.63. The first-order chi connectivity index (χ1) is 8.79. The van der Waals surface area contributed by atoms with E-state index in [0.29, 0.717) is 6.61 Å². The summed E-state index contributed by atoms with van der Waals surface area (Å²) in [7, 11) is 0. The average Bonchev–Trinajstić information content (AvgIpc) is 2.39. The van der Waals surface area contributed by atoms with Crippen molar-refractivity contribution in [2.75, 3.05) is 11.9 Å². The summed E-state index contributed by atoms with van der Waals surface area (Å²) in [5.41, 5.74) is 3.37. The number of rotatable bonds is 5. The summed E-state index contributed by atoms with van der Waals surface area (Å²) in [6.07, 6.45) is 3.64. The molecule has 1 aromatic carbocycles. The lowest BCUT2D eigenvalue weighted by Crippen LogP contribution is -2.03. The first kappa shape index (κ1) is 12.4. The number of nitrogens with one attached hydrogen (secondary N) is 1. The molecule has 1 heterocycles. The zero-order valence-electron chi connectivity index (χ0n) is 10.8. The van der Waals surface area contributed by atoms with Gasteiger partial charge in [0.25, 0.3) is 0 Å². The van der Waals surface area contributed by atoms with Gasteiger partial charge in [-0.15, -0.1) is 0 Å². The molecule has 18 heavy (non-hydrogen) atoms. The number of hydrogen-bond acceptors (Lipinski definition) is 3. The lowest BCUT2D eigenvalue weighted by atomic mass is 10.2. The Bertz CT molecular complexity index is 497. The molecule has 0 atom stereocenters. The van der Waals surface area contributed by atoms with Gasteiger partial charge in [0.15, 0.2) is 0 Å². The maximum absolute atomic E-state index is 5.63. The summed E-state index contributed by atoms with van der Waals surface area (Å²) in [5, 5.41) is 3.38.